The highest BCUT2D eigenvalue weighted by atomic mass is 79.9. The van der Waals surface area contributed by atoms with E-state index < -0.39 is 0 Å². The van der Waals surface area contributed by atoms with E-state index >= 15 is 0 Å². The highest BCUT2D eigenvalue weighted by Gasteiger charge is 2.36. The molecule has 1 fully saturated rings. The van der Waals surface area contributed by atoms with Crippen molar-refractivity contribution >= 4 is 39.4 Å². The maximum atomic E-state index is 12.5. The molecular weight excluding hydrogens is 376 g/mol. The lowest BCUT2D eigenvalue weighted by Gasteiger charge is -2.21. The van der Waals surface area contributed by atoms with E-state index in [2.05, 4.69) is 20.7 Å². The van der Waals surface area contributed by atoms with Crippen molar-refractivity contribution in [1.29, 1.82) is 0 Å². The van der Waals surface area contributed by atoms with Crippen molar-refractivity contribution in [2.45, 2.75) is 19.3 Å². The number of amides is 2. The van der Waals surface area contributed by atoms with Gasteiger partial charge < -0.3 is 14.5 Å². The Bertz CT molecular complexity index is 635. The number of anilines is 1. The van der Waals surface area contributed by atoms with Crippen molar-refractivity contribution in [3.05, 3.63) is 28.7 Å². The van der Waals surface area contributed by atoms with E-state index in [-0.39, 0.29) is 36.5 Å². The summed E-state index contributed by atoms with van der Waals surface area (Å²) in [6.07, 6.45) is 1.03. The van der Waals surface area contributed by atoms with Gasteiger partial charge in [-0.3, -0.25) is 14.4 Å². The van der Waals surface area contributed by atoms with Gasteiger partial charge in [-0.05, 0) is 34.5 Å². The van der Waals surface area contributed by atoms with Crippen molar-refractivity contribution in [3.63, 3.8) is 0 Å². The van der Waals surface area contributed by atoms with Crippen LogP contribution in [0, 0.1) is 5.92 Å². The van der Waals surface area contributed by atoms with Crippen LogP contribution in [0.3, 0.4) is 0 Å². The zero-order chi connectivity index (χ0) is 17.7. The summed E-state index contributed by atoms with van der Waals surface area (Å²) in [5, 5.41) is 0. The van der Waals surface area contributed by atoms with Gasteiger partial charge in [-0.1, -0.05) is 12.1 Å². The van der Waals surface area contributed by atoms with Crippen LogP contribution in [-0.2, 0) is 19.1 Å². The molecule has 1 atom stereocenters. The number of benzene rings is 1. The Labute approximate surface area is 149 Å². The van der Waals surface area contributed by atoms with Crippen LogP contribution in [0.4, 0.5) is 5.69 Å². The summed E-state index contributed by atoms with van der Waals surface area (Å²) in [7, 11) is 3.04. The Balaban J connectivity index is 1.93. The van der Waals surface area contributed by atoms with E-state index in [0.717, 1.165) is 10.2 Å². The average molecular weight is 397 g/mol. The number of nitrogens with zero attached hydrogens (tertiary/aromatic N) is 2. The van der Waals surface area contributed by atoms with Crippen LogP contribution < -0.4 is 4.90 Å². The molecule has 0 radical (unpaired) electrons. The largest absolute Gasteiger partial charge is 0.469 e. The van der Waals surface area contributed by atoms with Crippen LogP contribution in [0.1, 0.15) is 19.3 Å². The molecule has 0 bridgehead atoms. The molecule has 0 aliphatic carbocycles. The number of rotatable bonds is 6. The van der Waals surface area contributed by atoms with Crippen LogP contribution in [-0.4, -0.2) is 49.9 Å². The number of ether oxygens (including phenoxy) is 1. The summed E-state index contributed by atoms with van der Waals surface area (Å²) in [4.78, 5) is 39.1. The van der Waals surface area contributed by atoms with Gasteiger partial charge in [0.15, 0.2) is 0 Å². The third-order valence-corrected chi connectivity index (χ3v) is 4.77. The summed E-state index contributed by atoms with van der Waals surface area (Å²) in [5.74, 6) is -0.759. The molecule has 1 saturated heterocycles. The number of para-hydroxylation sites is 1. The number of esters is 1. The number of hydrogen-bond donors (Lipinski definition) is 0. The second-order valence-corrected chi connectivity index (χ2v) is 6.65. The normalized spacial score (nSPS) is 17.0. The Hall–Kier alpha value is -1.89. The number of carbonyl (C=O) groups excluding carboxylic acids is 3. The van der Waals surface area contributed by atoms with Crippen molar-refractivity contribution in [1.82, 2.24) is 4.90 Å². The molecule has 7 heteroatoms. The molecule has 1 aliphatic heterocycles. The lowest BCUT2D eigenvalue weighted by Crippen LogP contribution is -2.35. The first-order valence-electron chi connectivity index (χ1n) is 7.80. The van der Waals surface area contributed by atoms with Gasteiger partial charge in [-0.15, -0.1) is 0 Å². The van der Waals surface area contributed by atoms with Gasteiger partial charge in [0, 0.05) is 37.5 Å². The van der Waals surface area contributed by atoms with Gasteiger partial charge in [0.2, 0.25) is 11.8 Å². The zero-order valence-corrected chi connectivity index (χ0v) is 15.4. The lowest BCUT2D eigenvalue weighted by atomic mass is 10.1. The van der Waals surface area contributed by atoms with E-state index in [9.17, 15) is 14.4 Å². The molecule has 1 unspecified atom stereocenters. The topological polar surface area (TPSA) is 66.9 Å². The van der Waals surface area contributed by atoms with Gasteiger partial charge in [0.1, 0.15) is 0 Å². The maximum absolute atomic E-state index is 12.5. The minimum Gasteiger partial charge on any atom is -0.469 e. The van der Waals surface area contributed by atoms with Gasteiger partial charge in [0.25, 0.3) is 0 Å². The smallest absolute Gasteiger partial charge is 0.305 e. The molecular formula is C17H21BrN2O4. The van der Waals surface area contributed by atoms with E-state index in [1.807, 2.05) is 24.3 Å². The molecule has 130 valence electrons. The maximum Gasteiger partial charge on any atom is 0.305 e. The monoisotopic (exact) mass is 396 g/mol. The molecule has 0 saturated carbocycles. The van der Waals surface area contributed by atoms with Crippen LogP contribution >= 0.6 is 15.9 Å². The Kier molecular flexibility index (Phi) is 6.36. The lowest BCUT2D eigenvalue weighted by molar-refractivity contribution is -0.141. The van der Waals surface area contributed by atoms with E-state index in [0.29, 0.717) is 19.5 Å². The average Bonchev–Trinajstić information content (AvgIpc) is 2.95. The second-order valence-electron chi connectivity index (χ2n) is 5.80. The van der Waals surface area contributed by atoms with Crippen LogP contribution in [0.25, 0.3) is 0 Å². The molecule has 0 spiro atoms. The molecule has 6 nitrogen and oxygen atoms in total. The Morgan fingerprint density at radius 1 is 1.38 bits per heavy atom. The molecule has 24 heavy (non-hydrogen) atoms. The highest BCUT2D eigenvalue weighted by Crippen LogP contribution is 2.31. The van der Waals surface area contributed by atoms with Gasteiger partial charge in [-0.2, -0.15) is 0 Å². The summed E-state index contributed by atoms with van der Waals surface area (Å²) in [6.45, 7) is 0.843. The molecule has 1 aromatic rings. The van der Waals surface area contributed by atoms with Gasteiger partial charge >= 0.3 is 5.97 Å². The van der Waals surface area contributed by atoms with Crippen molar-refractivity contribution in [3.8, 4) is 0 Å². The molecule has 1 aliphatic rings. The van der Waals surface area contributed by atoms with E-state index in [4.69, 9.17) is 0 Å². The van der Waals surface area contributed by atoms with Crippen molar-refractivity contribution in [2.75, 3.05) is 32.1 Å². The number of methoxy groups -OCH3 is 1. The fraction of sp³-hybridized carbons (Fsp3) is 0.471. The highest BCUT2D eigenvalue weighted by molar-refractivity contribution is 9.10. The first-order chi connectivity index (χ1) is 11.4. The minimum atomic E-state index is -0.354. The summed E-state index contributed by atoms with van der Waals surface area (Å²) >= 11 is 3.44. The fourth-order valence-electron chi connectivity index (χ4n) is 2.76. The van der Waals surface area contributed by atoms with Crippen molar-refractivity contribution in [2.24, 2.45) is 5.92 Å². The first-order valence-corrected chi connectivity index (χ1v) is 8.60. The van der Waals surface area contributed by atoms with Crippen molar-refractivity contribution < 1.29 is 19.1 Å². The molecule has 2 amide bonds. The predicted molar refractivity (Wildman–Crippen MR) is 93.5 cm³/mol. The standard InChI is InChI=1S/C17H21BrN2O4/c1-19(9-5-8-16(22)24-2)17(23)12-10-15(21)20(11-12)14-7-4-3-6-13(14)18/h3-4,6-7,12H,5,8-11H2,1-2H3. The SMILES string of the molecule is COC(=O)CCCN(C)C(=O)C1CC(=O)N(c2ccccc2Br)C1. The van der Waals surface area contributed by atoms with Crippen LogP contribution in [0.2, 0.25) is 0 Å². The number of carbonyl (C=O) groups is 3. The number of hydrogen-bond acceptors (Lipinski definition) is 4. The quantitative estimate of drug-likeness (QED) is 0.691. The Morgan fingerprint density at radius 2 is 2.08 bits per heavy atom. The van der Waals surface area contributed by atoms with Crippen LogP contribution in [0.5, 0.6) is 0 Å². The zero-order valence-electron chi connectivity index (χ0n) is 13.8. The second kappa shape index (κ2) is 8.28. The van der Waals surface area contributed by atoms with E-state index in [1.165, 1.54) is 7.11 Å². The molecule has 2 rings (SSSR count). The summed E-state index contributed by atoms with van der Waals surface area (Å²) in [6, 6.07) is 7.47. The number of halogens is 1. The van der Waals surface area contributed by atoms with Gasteiger partial charge in [0.05, 0.1) is 18.7 Å². The Morgan fingerprint density at radius 3 is 2.75 bits per heavy atom. The first kappa shape index (κ1) is 18.4. The minimum absolute atomic E-state index is 0.0526. The van der Waals surface area contributed by atoms with Gasteiger partial charge in [-0.25, -0.2) is 0 Å². The van der Waals surface area contributed by atoms with E-state index in [1.54, 1.807) is 16.8 Å². The summed E-state index contributed by atoms with van der Waals surface area (Å²) < 4.78 is 5.41. The molecule has 0 aromatic heterocycles. The molecule has 0 N–H and O–H groups in total. The fourth-order valence-corrected chi connectivity index (χ4v) is 3.26. The summed E-state index contributed by atoms with van der Waals surface area (Å²) in [5.41, 5.74) is 0.783. The third kappa shape index (κ3) is 4.35. The molecule has 1 aromatic carbocycles. The predicted octanol–water partition coefficient (Wildman–Crippen LogP) is 2.21. The molecule has 1 heterocycles. The van der Waals surface area contributed by atoms with Crippen LogP contribution in [0.15, 0.2) is 28.7 Å². The third-order valence-electron chi connectivity index (χ3n) is 4.10.